The standard InChI is InChI=1S/C22H28N4O2/c1-28-19-7-4-16(5-8-19)6-9-21(27)26-12-10-20-18(15-26)14-24-22(25-20)17-3-2-11-23-13-17/h4-5,7-8,14,17,23H,2-3,6,9-13,15H2,1H3/t17-/m1/s1. The summed E-state index contributed by atoms with van der Waals surface area (Å²) in [5.41, 5.74) is 3.37. The quantitative estimate of drug-likeness (QED) is 0.863. The summed E-state index contributed by atoms with van der Waals surface area (Å²) >= 11 is 0. The number of aryl methyl sites for hydroxylation is 1. The molecule has 1 saturated heterocycles. The second kappa shape index (κ2) is 8.69. The van der Waals surface area contributed by atoms with Crippen LogP contribution in [-0.2, 0) is 24.2 Å². The highest BCUT2D eigenvalue weighted by Gasteiger charge is 2.24. The van der Waals surface area contributed by atoms with Gasteiger partial charge in [-0.2, -0.15) is 0 Å². The van der Waals surface area contributed by atoms with Crippen LogP contribution in [0.15, 0.2) is 30.5 Å². The Hall–Kier alpha value is -2.47. The van der Waals surface area contributed by atoms with Gasteiger partial charge in [0.1, 0.15) is 11.6 Å². The van der Waals surface area contributed by atoms with Crippen LogP contribution in [0.5, 0.6) is 5.75 Å². The van der Waals surface area contributed by atoms with E-state index in [0.29, 0.717) is 18.9 Å². The number of ether oxygens (including phenoxy) is 1. The SMILES string of the molecule is COc1ccc(CCC(=O)N2CCc3nc([C@@H]4CCCNC4)ncc3C2)cc1. The lowest BCUT2D eigenvalue weighted by atomic mass is 9.98. The van der Waals surface area contributed by atoms with Crippen molar-refractivity contribution in [3.63, 3.8) is 0 Å². The zero-order chi connectivity index (χ0) is 19.3. The molecule has 2 aromatic rings. The predicted octanol–water partition coefficient (Wildman–Crippen LogP) is 2.47. The monoisotopic (exact) mass is 380 g/mol. The lowest BCUT2D eigenvalue weighted by Crippen LogP contribution is -2.37. The van der Waals surface area contributed by atoms with Gasteiger partial charge in [-0.3, -0.25) is 4.79 Å². The van der Waals surface area contributed by atoms with Crippen LogP contribution in [0.1, 0.15) is 47.8 Å². The molecule has 0 saturated carbocycles. The molecule has 1 N–H and O–H groups in total. The molecule has 6 heteroatoms. The molecule has 148 valence electrons. The van der Waals surface area contributed by atoms with Crippen molar-refractivity contribution in [2.75, 3.05) is 26.7 Å². The van der Waals surface area contributed by atoms with Crippen LogP contribution in [0, 0.1) is 0 Å². The molecular formula is C22H28N4O2. The number of aromatic nitrogens is 2. The number of fused-ring (bicyclic) bond motifs is 1. The minimum atomic E-state index is 0.196. The van der Waals surface area contributed by atoms with Gasteiger partial charge in [-0.25, -0.2) is 9.97 Å². The zero-order valence-electron chi connectivity index (χ0n) is 16.5. The summed E-state index contributed by atoms with van der Waals surface area (Å²) < 4.78 is 5.18. The van der Waals surface area contributed by atoms with E-state index in [4.69, 9.17) is 9.72 Å². The van der Waals surface area contributed by atoms with Gasteiger partial charge >= 0.3 is 0 Å². The van der Waals surface area contributed by atoms with Crippen molar-refractivity contribution in [3.05, 3.63) is 53.1 Å². The van der Waals surface area contributed by atoms with Crippen LogP contribution in [0.2, 0.25) is 0 Å². The fourth-order valence-electron chi connectivity index (χ4n) is 4.01. The summed E-state index contributed by atoms with van der Waals surface area (Å²) in [5, 5.41) is 3.43. The average molecular weight is 380 g/mol. The lowest BCUT2D eigenvalue weighted by molar-refractivity contribution is -0.132. The third-order valence-electron chi connectivity index (χ3n) is 5.75. The molecule has 0 bridgehead atoms. The van der Waals surface area contributed by atoms with Crippen LogP contribution in [0.3, 0.4) is 0 Å². The molecule has 6 nitrogen and oxygen atoms in total. The maximum Gasteiger partial charge on any atom is 0.223 e. The summed E-state index contributed by atoms with van der Waals surface area (Å²) in [5.74, 6) is 2.42. The molecule has 1 aromatic carbocycles. The van der Waals surface area contributed by atoms with Gasteiger partial charge in [-0.1, -0.05) is 12.1 Å². The van der Waals surface area contributed by atoms with Crippen molar-refractivity contribution in [2.45, 2.75) is 44.6 Å². The lowest BCUT2D eigenvalue weighted by Gasteiger charge is -2.29. The second-order valence-electron chi connectivity index (χ2n) is 7.66. The van der Waals surface area contributed by atoms with Gasteiger partial charge in [-0.05, 0) is 43.5 Å². The van der Waals surface area contributed by atoms with Crippen molar-refractivity contribution in [2.24, 2.45) is 0 Å². The van der Waals surface area contributed by atoms with E-state index in [9.17, 15) is 4.79 Å². The highest BCUT2D eigenvalue weighted by molar-refractivity contribution is 5.76. The fourth-order valence-corrected chi connectivity index (χ4v) is 4.01. The molecule has 1 aromatic heterocycles. The van der Waals surface area contributed by atoms with E-state index in [2.05, 4.69) is 10.3 Å². The molecule has 4 rings (SSSR count). The van der Waals surface area contributed by atoms with E-state index in [1.807, 2.05) is 35.4 Å². The third-order valence-corrected chi connectivity index (χ3v) is 5.75. The third kappa shape index (κ3) is 4.33. The van der Waals surface area contributed by atoms with Crippen molar-refractivity contribution in [1.82, 2.24) is 20.2 Å². The molecule has 28 heavy (non-hydrogen) atoms. The van der Waals surface area contributed by atoms with Gasteiger partial charge in [0.05, 0.1) is 12.8 Å². The number of hydrogen-bond donors (Lipinski definition) is 1. The van der Waals surface area contributed by atoms with Gasteiger partial charge < -0.3 is 15.0 Å². The van der Waals surface area contributed by atoms with Crippen LogP contribution in [-0.4, -0.2) is 47.5 Å². The normalized spacial score (nSPS) is 19.2. The molecule has 0 spiro atoms. The molecule has 1 atom stereocenters. The molecule has 3 heterocycles. The number of benzene rings is 1. The number of amides is 1. The number of piperidine rings is 1. The van der Waals surface area contributed by atoms with Crippen LogP contribution in [0.25, 0.3) is 0 Å². The number of hydrogen-bond acceptors (Lipinski definition) is 5. The maximum atomic E-state index is 12.7. The molecule has 0 radical (unpaired) electrons. The van der Waals surface area contributed by atoms with E-state index in [1.165, 1.54) is 6.42 Å². The van der Waals surface area contributed by atoms with Crippen LogP contribution in [0.4, 0.5) is 0 Å². The maximum absolute atomic E-state index is 12.7. The Labute approximate surface area is 166 Å². The topological polar surface area (TPSA) is 67.3 Å². The summed E-state index contributed by atoms with van der Waals surface area (Å²) in [6.45, 7) is 3.43. The summed E-state index contributed by atoms with van der Waals surface area (Å²) in [6, 6.07) is 7.92. The minimum Gasteiger partial charge on any atom is -0.497 e. The summed E-state index contributed by atoms with van der Waals surface area (Å²) in [7, 11) is 1.66. The van der Waals surface area contributed by atoms with Gasteiger partial charge in [0, 0.05) is 50.2 Å². The second-order valence-corrected chi connectivity index (χ2v) is 7.66. The van der Waals surface area contributed by atoms with E-state index in [0.717, 1.165) is 67.3 Å². The Morgan fingerprint density at radius 1 is 1.32 bits per heavy atom. The first-order chi connectivity index (χ1) is 13.7. The Morgan fingerprint density at radius 2 is 2.18 bits per heavy atom. The molecular weight excluding hydrogens is 352 g/mol. The van der Waals surface area contributed by atoms with Gasteiger partial charge in [0.15, 0.2) is 0 Å². The van der Waals surface area contributed by atoms with Crippen molar-refractivity contribution in [3.8, 4) is 5.75 Å². The first kappa shape index (κ1) is 18.9. The highest BCUT2D eigenvalue weighted by Crippen LogP contribution is 2.23. The number of nitrogens with one attached hydrogen (secondary N) is 1. The number of methoxy groups -OCH3 is 1. The molecule has 2 aliphatic heterocycles. The number of carbonyl (C=O) groups excluding carboxylic acids is 1. The highest BCUT2D eigenvalue weighted by atomic mass is 16.5. The largest absolute Gasteiger partial charge is 0.497 e. The smallest absolute Gasteiger partial charge is 0.223 e. The van der Waals surface area contributed by atoms with Crippen molar-refractivity contribution < 1.29 is 9.53 Å². The molecule has 0 aliphatic carbocycles. The first-order valence-corrected chi connectivity index (χ1v) is 10.2. The molecule has 2 aliphatic rings. The number of rotatable bonds is 5. The molecule has 0 unspecified atom stereocenters. The zero-order valence-corrected chi connectivity index (χ0v) is 16.5. The van der Waals surface area contributed by atoms with Crippen LogP contribution >= 0.6 is 0 Å². The van der Waals surface area contributed by atoms with Gasteiger partial charge in [0.25, 0.3) is 0 Å². The molecule has 1 fully saturated rings. The van der Waals surface area contributed by atoms with Crippen LogP contribution < -0.4 is 10.1 Å². The summed E-state index contributed by atoms with van der Waals surface area (Å²) in [6.07, 6.45) is 6.36. The van der Waals surface area contributed by atoms with E-state index >= 15 is 0 Å². The predicted molar refractivity (Wildman–Crippen MR) is 107 cm³/mol. The number of nitrogens with zero attached hydrogens (tertiary/aromatic N) is 3. The van der Waals surface area contributed by atoms with E-state index < -0.39 is 0 Å². The van der Waals surface area contributed by atoms with E-state index in [-0.39, 0.29) is 5.91 Å². The molecule has 1 amide bonds. The van der Waals surface area contributed by atoms with Gasteiger partial charge in [-0.15, -0.1) is 0 Å². The van der Waals surface area contributed by atoms with Crippen molar-refractivity contribution >= 4 is 5.91 Å². The Morgan fingerprint density at radius 3 is 2.93 bits per heavy atom. The Balaban J connectivity index is 1.34. The Kier molecular flexibility index (Phi) is 5.86. The minimum absolute atomic E-state index is 0.196. The Bertz CT molecular complexity index is 816. The fraction of sp³-hybridized carbons (Fsp3) is 0.500. The number of carbonyl (C=O) groups is 1. The first-order valence-electron chi connectivity index (χ1n) is 10.2. The summed E-state index contributed by atoms with van der Waals surface area (Å²) in [4.78, 5) is 24.1. The van der Waals surface area contributed by atoms with E-state index in [1.54, 1.807) is 7.11 Å². The average Bonchev–Trinajstić information content (AvgIpc) is 2.77. The van der Waals surface area contributed by atoms with Crippen molar-refractivity contribution in [1.29, 1.82) is 0 Å². The van der Waals surface area contributed by atoms with Gasteiger partial charge in [0.2, 0.25) is 5.91 Å².